The van der Waals surface area contributed by atoms with Gasteiger partial charge in [-0.2, -0.15) is 4.98 Å². The Morgan fingerprint density at radius 2 is 1.90 bits per heavy atom. The molecule has 0 aliphatic carbocycles. The van der Waals surface area contributed by atoms with Gasteiger partial charge < -0.3 is 0 Å². The maximum atomic E-state index is 13.5. The first-order valence-electron chi connectivity index (χ1n) is 9.50. The van der Waals surface area contributed by atoms with Crippen LogP contribution < -0.4 is 4.90 Å². The summed E-state index contributed by atoms with van der Waals surface area (Å²) in [5, 5.41) is 5.02. The first-order chi connectivity index (χ1) is 14.6. The molecular formula is C22H18N6OS. The van der Waals surface area contributed by atoms with Gasteiger partial charge in [-0.25, -0.2) is 14.5 Å². The zero-order valence-electron chi connectivity index (χ0n) is 16.5. The summed E-state index contributed by atoms with van der Waals surface area (Å²) in [7, 11) is 0. The van der Waals surface area contributed by atoms with Crippen molar-refractivity contribution in [2.24, 2.45) is 0 Å². The number of aromatic nitrogens is 5. The quantitative estimate of drug-likeness (QED) is 0.441. The Kier molecular flexibility index (Phi) is 4.48. The van der Waals surface area contributed by atoms with E-state index >= 15 is 0 Å². The highest BCUT2D eigenvalue weighted by molar-refractivity contribution is 7.22. The summed E-state index contributed by atoms with van der Waals surface area (Å²) < 4.78 is 2.62. The van der Waals surface area contributed by atoms with Gasteiger partial charge in [-0.15, -0.1) is 5.10 Å². The maximum absolute atomic E-state index is 13.5. The van der Waals surface area contributed by atoms with Crippen molar-refractivity contribution in [2.75, 3.05) is 4.90 Å². The molecule has 8 heteroatoms. The van der Waals surface area contributed by atoms with Crippen molar-refractivity contribution in [1.82, 2.24) is 24.6 Å². The number of carbonyl (C=O) groups excluding carboxylic acids is 1. The second-order valence-corrected chi connectivity index (χ2v) is 8.09. The third kappa shape index (κ3) is 3.31. The van der Waals surface area contributed by atoms with Crippen LogP contribution in [0.25, 0.3) is 16.0 Å². The van der Waals surface area contributed by atoms with Crippen LogP contribution in [-0.4, -0.2) is 30.5 Å². The van der Waals surface area contributed by atoms with Gasteiger partial charge in [0.25, 0.3) is 11.7 Å². The van der Waals surface area contributed by atoms with Crippen LogP contribution in [0.5, 0.6) is 0 Å². The number of rotatable bonds is 4. The summed E-state index contributed by atoms with van der Waals surface area (Å²) in [5.41, 5.74) is 3.88. The molecule has 0 N–H and O–H groups in total. The molecule has 0 bridgehead atoms. The van der Waals surface area contributed by atoms with Crippen molar-refractivity contribution >= 4 is 38.4 Å². The van der Waals surface area contributed by atoms with E-state index in [1.54, 1.807) is 15.6 Å². The molecule has 7 nitrogen and oxygen atoms in total. The Hall–Kier alpha value is -3.65. The lowest BCUT2D eigenvalue weighted by Gasteiger charge is -2.18. The lowest BCUT2D eigenvalue weighted by Crippen LogP contribution is -2.31. The van der Waals surface area contributed by atoms with Crippen molar-refractivity contribution in [2.45, 2.75) is 20.4 Å². The van der Waals surface area contributed by atoms with E-state index in [1.807, 2.05) is 62.4 Å². The number of anilines is 1. The van der Waals surface area contributed by atoms with Crippen LogP contribution in [0.15, 0.2) is 60.8 Å². The van der Waals surface area contributed by atoms with Gasteiger partial charge in [-0.05, 0) is 43.2 Å². The summed E-state index contributed by atoms with van der Waals surface area (Å²) in [6.07, 6.45) is 1.66. The van der Waals surface area contributed by atoms with Crippen LogP contribution in [0, 0.1) is 13.8 Å². The van der Waals surface area contributed by atoms with Crippen LogP contribution >= 0.6 is 11.3 Å². The lowest BCUT2D eigenvalue weighted by atomic mass is 10.2. The van der Waals surface area contributed by atoms with Crippen LogP contribution in [0.1, 0.15) is 27.4 Å². The third-order valence-corrected chi connectivity index (χ3v) is 5.85. The number of fused-ring (bicyclic) bond motifs is 2. The highest BCUT2D eigenvalue weighted by Gasteiger charge is 2.26. The predicted molar refractivity (Wildman–Crippen MR) is 117 cm³/mol. The Morgan fingerprint density at radius 1 is 1.07 bits per heavy atom. The first-order valence-corrected chi connectivity index (χ1v) is 10.3. The fourth-order valence-corrected chi connectivity index (χ4v) is 4.31. The normalized spacial score (nSPS) is 11.3. The van der Waals surface area contributed by atoms with Crippen molar-refractivity contribution in [3.63, 3.8) is 0 Å². The molecule has 0 fully saturated rings. The van der Waals surface area contributed by atoms with Gasteiger partial charge >= 0.3 is 0 Å². The first kappa shape index (κ1) is 18.4. The molecule has 148 valence electrons. The molecule has 0 saturated heterocycles. The van der Waals surface area contributed by atoms with Gasteiger partial charge in [-0.1, -0.05) is 47.7 Å². The number of amides is 1. The van der Waals surface area contributed by atoms with E-state index in [4.69, 9.17) is 4.98 Å². The van der Waals surface area contributed by atoms with E-state index in [1.165, 1.54) is 11.3 Å². The number of thiazole rings is 1. The van der Waals surface area contributed by atoms with Crippen LogP contribution in [0.2, 0.25) is 0 Å². The number of benzene rings is 2. The summed E-state index contributed by atoms with van der Waals surface area (Å²) in [5.74, 6) is 0.195. The van der Waals surface area contributed by atoms with E-state index in [9.17, 15) is 4.79 Å². The van der Waals surface area contributed by atoms with Gasteiger partial charge in [0.1, 0.15) is 0 Å². The topological polar surface area (TPSA) is 76.3 Å². The van der Waals surface area contributed by atoms with E-state index in [0.29, 0.717) is 17.5 Å². The lowest BCUT2D eigenvalue weighted by molar-refractivity contribution is 0.0975. The maximum Gasteiger partial charge on any atom is 0.300 e. The van der Waals surface area contributed by atoms with Gasteiger partial charge in [0.05, 0.1) is 16.8 Å². The number of carbonyl (C=O) groups is 1. The molecular weight excluding hydrogens is 396 g/mol. The molecule has 0 saturated carbocycles. The van der Waals surface area contributed by atoms with Crippen LogP contribution in [0.3, 0.4) is 0 Å². The highest BCUT2D eigenvalue weighted by atomic mass is 32.1. The van der Waals surface area contributed by atoms with Crippen LogP contribution in [0.4, 0.5) is 5.13 Å². The number of hydrogen-bond donors (Lipinski definition) is 0. The van der Waals surface area contributed by atoms with E-state index in [2.05, 4.69) is 21.1 Å². The molecule has 3 heterocycles. The Labute approximate surface area is 176 Å². The number of nitrogens with zero attached hydrogens (tertiary/aromatic N) is 6. The minimum atomic E-state index is -0.306. The molecule has 2 aromatic carbocycles. The monoisotopic (exact) mass is 414 g/mol. The molecule has 0 atom stereocenters. The van der Waals surface area contributed by atoms with Crippen LogP contribution in [-0.2, 0) is 6.54 Å². The minimum Gasteiger partial charge on any atom is -0.277 e. The summed E-state index contributed by atoms with van der Waals surface area (Å²) in [6.45, 7) is 4.32. The highest BCUT2D eigenvalue weighted by Crippen LogP contribution is 2.31. The smallest absolute Gasteiger partial charge is 0.277 e. The molecule has 0 radical (unpaired) electrons. The number of aryl methyl sites for hydroxylation is 2. The average molecular weight is 414 g/mol. The Balaban J connectivity index is 1.60. The largest absolute Gasteiger partial charge is 0.300 e. The molecule has 3 aromatic heterocycles. The molecule has 0 aliphatic heterocycles. The standard InChI is InChI=1S/C22H18N6OS/c1-14-8-9-17-18(12-14)30-22(24-17)27(13-16-6-4-3-5-7-16)20(29)19-25-21-23-11-10-15(2)28(21)26-19/h3-12H,13H2,1-2H3. The molecule has 0 unspecified atom stereocenters. The van der Waals surface area contributed by atoms with E-state index in [-0.39, 0.29) is 11.7 Å². The predicted octanol–water partition coefficient (Wildman–Crippen LogP) is 4.20. The zero-order valence-corrected chi connectivity index (χ0v) is 17.3. The third-order valence-electron chi connectivity index (χ3n) is 4.81. The SMILES string of the molecule is Cc1ccc2nc(N(Cc3ccccc3)C(=O)c3nc4nccc(C)n4n3)sc2c1. The number of hydrogen-bond acceptors (Lipinski definition) is 6. The van der Waals surface area contributed by atoms with Gasteiger partial charge in [0.2, 0.25) is 5.82 Å². The summed E-state index contributed by atoms with van der Waals surface area (Å²) in [6, 6.07) is 17.7. The molecule has 5 aromatic rings. The fraction of sp³-hybridized carbons (Fsp3) is 0.136. The van der Waals surface area contributed by atoms with Gasteiger partial charge in [0.15, 0.2) is 5.13 Å². The molecule has 30 heavy (non-hydrogen) atoms. The van der Waals surface area contributed by atoms with Gasteiger partial charge in [-0.3, -0.25) is 9.69 Å². The van der Waals surface area contributed by atoms with E-state index in [0.717, 1.165) is 27.0 Å². The van der Waals surface area contributed by atoms with Crippen molar-refractivity contribution in [3.8, 4) is 0 Å². The molecule has 0 aliphatic rings. The molecule has 1 amide bonds. The molecule has 5 rings (SSSR count). The fourth-order valence-electron chi connectivity index (χ4n) is 3.25. The second-order valence-electron chi connectivity index (χ2n) is 7.08. The summed E-state index contributed by atoms with van der Waals surface area (Å²) >= 11 is 1.49. The second kappa shape index (κ2) is 7.31. The zero-order chi connectivity index (χ0) is 20.7. The van der Waals surface area contributed by atoms with Crippen molar-refractivity contribution in [3.05, 3.63) is 83.4 Å². The molecule has 0 spiro atoms. The van der Waals surface area contributed by atoms with Gasteiger partial charge in [0, 0.05) is 11.9 Å². The minimum absolute atomic E-state index is 0.100. The van der Waals surface area contributed by atoms with Crippen molar-refractivity contribution in [1.29, 1.82) is 0 Å². The summed E-state index contributed by atoms with van der Waals surface area (Å²) in [4.78, 5) is 28.4. The van der Waals surface area contributed by atoms with Crippen molar-refractivity contribution < 1.29 is 4.79 Å². The Morgan fingerprint density at radius 3 is 2.70 bits per heavy atom. The Bertz CT molecular complexity index is 1370. The van der Waals surface area contributed by atoms with E-state index < -0.39 is 0 Å². The average Bonchev–Trinajstić information content (AvgIpc) is 3.37.